The summed E-state index contributed by atoms with van der Waals surface area (Å²) in [5, 5.41) is 7.57. The molecule has 268 valence electrons. The summed E-state index contributed by atoms with van der Waals surface area (Å²) in [6.07, 6.45) is 0. The van der Waals surface area contributed by atoms with Crippen LogP contribution in [0.5, 0.6) is 0 Å². The summed E-state index contributed by atoms with van der Waals surface area (Å²) >= 11 is 0. The zero-order valence-corrected chi connectivity index (χ0v) is 31.8. The molecule has 0 N–H and O–H groups in total. The van der Waals surface area contributed by atoms with Crippen LogP contribution in [0.4, 0.5) is 0 Å². The molecule has 3 aromatic heterocycles. The first-order valence-electron chi connectivity index (χ1n) is 21.1. The largest absolute Gasteiger partial charge is 0.294 e. The van der Waals surface area contributed by atoms with Crippen molar-refractivity contribution < 1.29 is 5.48 Å². The highest BCUT2D eigenvalue weighted by molar-refractivity contribution is 7.19. The number of fused-ring (bicyclic) bond motifs is 6. The molecule has 0 aliphatic heterocycles. The Kier molecular flexibility index (Phi) is 6.84. The van der Waals surface area contributed by atoms with E-state index in [0.717, 1.165) is 59.2 Å². The molecule has 0 fully saturated rings. The van der Waals surface area contributed by atoms with Gasteiger partial charge < -0.3 is 0 Å². The molecule has 0 unspecified atom stereocenters. The fourth-order valence-corrected chi connectivity index (χ4v) is 13.2. The van der Waals surface area contributed by atoms with Gasteiger partial charge in [-0.25, -0.2) is 4.98 Å². The minimum atomic E-state index is -3.52. The van der Waals surface area contributed by atoms with Crippen LogP contribution >= 0.6 is 0 Å². The molecule has 4 nitrogen and oxygen atoms in total. The SMILES string of the molecule is [2H]c1c([2H])c(-c2cc(-n3c4ccccc4c4ccccc43)nc(-n3c4ccccc4c4ccccc43)n2)c([2H])c([Si](c2ccccc2)(c2ccccc2)c2ccccc2)c1[2H]. The van der Waals surface area contributed by atoms with Crippen LogP contribution < -0.4 is 20.7 Å². The fraction of sp³-hybridized carbons (Fsp3) is 0. The van der Waals surface area contributed by atoms with E-state index in [9.17, 15) is 5.48 Å². The molecule has 0 saturated carbocycles. The van der Waals surface area contributed by atoms with Crippen molar-refractivity contribution in [1.82, 2.24) is 19.1 Å². The molecule has 5 heteroatoms. The van der Waals surface area contributed by atoms with Gasteiger partial charge in [-0.15, -0.1) is 0 Å². The lowest BCUT2D eigenvalue weighted by atomic mass is 10.1. The van der Waals surface area contributed by atoms with Gasteiger partial charge in [0.15, 0.2) is 8.07 Å². The number of nitrogens with zero attached hydrogens (tertiary/aromatic N) is 4. The minimum absolute atomic E-state index is 0.00858. The van der Waals surface area contributed by atoms with Gasteiger partial charge in [0, 0.05) is 33.2 Å². The molecule has 57 heavy (non-hydrogen) atoms. The van der Waals surface area contributed by atoms with E-state index in [1.54, 1.807) is 0 Å². The molecule has 11 rings (SSSR count). The fourth-order valence-electron chi connectivity index (χ4n) is 8.73. The lowest BCUT2D eigenvalue weighted by molar-refractivity contribution is 0.952. The van der Waals surface area contributed by atoms with Gasteiger partial charge in [-0.05, 0) is 45.0 Å². The van der Waals surface area contributed by atoms with Crippen LogP contribution in [0.3, 0.4) is 0 Å². The van der Waals surface area contributed by atoms with Gasteiger partial charge in [-0.2, -0.15) is 4.98 Å². The average molecular weight is 749 g/mol. The first kappa shape index (κ1) is 29.0. The first-order chi connectivity index (χ1) is 30.0. The summed E-state index contributed by atoms with van der Waals surface area (Å²) in [4.78, 5) is 10.7. The molecule has 0 atom stereocenters. The predicted molar refractivity (Wildman–Crippen MR) is 240 cm³/mol. The van der Waals surface area contributed by atoms with Gasteiger partial charge in [0.25, 0.3) is 0 Å². The van der Waals surface area contributed by atoms with E-state index in [1.165, 1.54) is 0 Å². The Morgan fingerprint density at radius 1 is 0.404 bits per heavy atom. The second-order valence-electron chi connectivity index (χ2n) is 14.2. The van der Waals surface area contributed by atoms with Crippen molar-refractivity contribution in [2.45, 2.75) is 0 Å². The minimum Gasteiger partial charge on any atom is -0.294 e. The Morgan fingerprint density at radius 3 is 1.26 bits per heavy atom. The quantitative estimate of drug-likeness (QED) is 0.120. The van der Waals surface area contributed by atoms with Crippen molar-refractivity contribution in [3.63, 3.8) is 0 Å². The zero-order chi connectivity index (χ0) is 41.2. The van der Waals surface area contributed by atoms with Gasteiger partial charge in [0.2, 0.25) is 5.95 Å². The number of hydrogen-bond acceptors (Lipinski definition) is 2. The monoisotopic (exact) mass is 748 g/mol. The van der Waals surface area contributed by atoms with Crippen LogP contribution in [0.2, 0.25) is 0 Å². The molecule has 0 amide bonds. The molecule has 3 heterocycles. The summed E-state index contributed by atoms with van der Waals surface area (Å²) < 4.78 is 43.6. The predicted octanol–water partition coefficient (Wildman–Crippen LogP) is 9.72. The standard InChI is InChI=1S/C52H36N4Si/c1-4-20-38(21-5-1)57(39-22-6-2-7-23-39,40-24-8-3-9-25-40)41-26-18-19-37(35-41)46-36-51(55-47-31-14-10-27-42(47)43-28-11-15-32-48(43)55)54-52(53-46)56-49-33-16-12-29-44(49)45-30-13-17-34-50(45)56/h1-36H/i18D,19D,26D,35D. The highest BCUT2D eigenvalue weighted by atomic mass is 28.3. The Hall–Kier alpha value is -7.34. The van der Waals surface area contributed by atoms with E-state index in [-0.39, 0.29) is 29.7 Å². The highest BCUT2D eigenvalue weighted by Crippen LogP contribution is 2.35. The average Bonchev–Trinajstić information content (AvgIpc) is 3.84. The third-order valence-corrected chi connectivity index (χ3v) is 15.8. The number of para-hydroxylation sites is 4. The Balaban J connectivity index is 1.29. The summed E-state index contributed by atoms with van der Waals surface area (Å²) in [5.41, 5.74) is 4.24. The molecule has 0 aliphatic carbocycles. The van der Waals surface area contributed by atoms with E-state index in [1.807, 2.05) is 109 Å². The van der Waals surface area contributed by atoms with Crippen molar-refractivity contribution in [3.8, 4) is 23.0 Å². The topological polar surface area (TPSA) is 35.6 Å². The normalized spacial score (nSPS) is 12.8. The van der Waals surface area contributed by atoms with Crippen LogP contribution in [-0.2, 0) is 0 Å². The van der Waals surface area contributed by atoms with Crippen molar-refractivity contribution in [1.29, 1.82) is 0 Å². The van der Waals surface area contributed by atoms with Crippen molar-refractivity contribution in [2.24, 2.45) is 0 Å². The number of rotatable bonds is 7. The molecule has 0 radical (unpaired) electrons. The molecule has 0 aliphatic rings. The van der Waals surface area contributed by atoms with Gasteiger partial charge in [-0.1, -0.05) is 188 Å². The van der Waals surface area contributed by atoms with E-state index in [0.29, 0.717) is 22.6 Å². The van der Waals surface area contributed by atoms with Crippen LogP contribution in [0.25, 0.3) is 66.6 Å². The van der Waals surface area contributed by atoms with E-state index >= 15 is 0 Å². The third-order valence-electron chi connectivity index (χ3n) is 11.2. The maximum atomic E-state index is 10.4. The Morgan fingerprint density at radius 2 is 0.807 bits per heavy atom. The smallest absolute Gasteiger partial charge is 0.237 e. The molecular formula is C52H36N4Si. The van der Waals surface area contributed by atoms with Gasteiger partial charge in [0.1, 0.15) is 5.82 Å². The van der Waals surface area contributed by atoms with E-state index in [2.05, 4.69) is 94.1 Å². The molecule has 0 saturated heterocycles. The number of hydrogen-bond donors (Lipinski definition) is 0. The zero-order valence-electron chi connectivity index (χ0n) is 34.8. The first-order valence-corrected chi connectivity index (χ1v) is 21.1. The number of benzene rings is 8. The number of aromatic nitrogens is 4. The highest BCUT2D eigenvalue weighted by Gasteiger charge is 2.41. The van der Waals surface area contributed by atoms with Gasteiger partial charge in [0.05, 0.1) is 33.2 Å². The van der Waals surface area contributed by atoms with Crippen LogP contribution in [0.1, 0.15) is 5.48 Å². The summed E-state index contributed by atoms with van der Waals surface area (Å²) in [6, 6.07) is 64.5. The van der Waals surface area contributed by atoms with Crippen molar-refractivity contribution in [3.05, 3.63) is 218 Å². The third kappa shape index (κ3) is 5.20. The van der Waals surface area contributed by atoms with Gasteiger partial charge >= 0.3 is 0 Å². The summed E-state index contributed by atoms with van der Waals surface area (Å²) in [6.45, 7) is 0. The lowest BCUT2D eigenvalue weighted by Gasteiger charge is -2.34. The Labute approximate surface area is 337 Å². The molecule has 0 bridgehead atoms. The van der Waals surface area contributed by atoms with Crippen molar-refractivity contribution >= 4 is 72.4 Å². The van der Waals surface area contributed by atoms with Crippen LogP contribution in [-0.4, -0.2) is 27.2 Å². The summed E-state index contributed by atoms with van der Waals surface area (Å²) in [5.74, 6) is 0.921. The Bertz CT molecular complexity index is 3140. The second-order valence-corrected chi connectivity index (χ2v) is 18.0. The maximum Gasteiger partial charge on any atom is 0.237 e. The van der Waals surface area contributed by atoms with Crippen LogP contribution in [0, 0.1) is 0 Å². The van der Waals surface area contributed by atoms with Crippen LogP contribution in [0.15, 0.2) is 218 Å². The maximum absolute atomic E-state index is 10.4. The molecule has 11 aromatic rings. The molecule has 8 aromatic carbocycles. The summed E-state index contributed by atoms with van der Waals surface area (Å²) in [7, 11) is -3.52. The van der Waals surface area contributed by atoms with E-state index in [4.69, 9.17) is 9.97 Å². The van der Waals surface area contributed by atoms with Gasteiger partial charge in [-0.3, -0.25) is 9.13 Å². The molecular weight excluding hydrogens is 709 g/mol. The van der Waals surface area contributed by atoms with E-state index < -0.39 is 8.07 Å². The lowest BCUT2D eigenvalue weighted by Crippen LogP contribution is -2.74. The van der Waals surface area contributed by atoms with Crippen molar-refractivity contribution in [2.75, 3.05) is 0 Å². The second kappa shape index (κ2) is 13.4. The molecule has 0 spiro atoms.